The first-order valence-electron chi connectivity index (χ1n) is 7.04. The monoisotopic (exact) mass is 280 g/mol. The summed E-state index contributed by atoms with van der Waals surface area (Å²) in [6, 6.07) is 0. The van der Waals surface area contributed by atoms with Crippen molar-refractivity contribution in [3.63, 3.8) is 0 Å². The van der Waals surface area contributed by atoms with E-state index in [-0.39, 0.29) is 5.60 Å². The Labute approximate surface area is 120 Å². The number of hydrogen-bond donors (Lipinski definition) is 2. The van der Waals surface area contributed by atoms with Crippen LogP contribution in [0.15, 0.2) is 9.41 Å². The maximum atomic E-state index is 5.74. The van der Waals surface area contributed by atoms with Crippen molar-refractivity contribution >= 4 is 5.96 Å². The van der Waals surface area contributed by atoms with Crippen molar-refractivity contribution in [2.24, 2.45) is 4.99 Å². The van der Waals surface area contributed by atoms with Crippen LogP contribution in [-0.4, -0.2) is 36.7 Å². The summed E-state index contributed by atoms with van der Waals surface area (Å²) in [7, 11) is 1.75. The average Bonchev–Trinajstić information content (AvgIpc) is 2.98. The quantitative estimate of drug-likeness (QED) is 0.646. The molecule has 20 heavy (non-hydrogen) atoms. The van der Waals surface area contributed by atoms with Crippen molar-refractivity contribution in [2.45, 2.75) is 45.8 Å². The van der Waals surface area contributed by atoms with Crippen LogP contribution in [0.1, 0.15) is 37.1 Å². The molecule has 6 nitrogen and oxygen atoms in total. The summed E-state index contributed by atoms with van der Waals surface area (Å²) in [6.45, 7) is 8.09. The molecule has 0 bridgehead atoms. The van der Waals surface area contributed by atoms with E-state index in [4.69, 9.17) is 9.15 Å². The van der Waals surface area contributed by atoms with Gasteiger partial charge < -0.3 is 19.8 Å². The molecule has 0 spiro atoms. The molecule has 1 aromatic heterocycles. The molecule has 1 aliphatic heterocycles. The molecule has 1 fully saturated rings. The van der Waals surface area contributed by atoms with Crippen LogP contribution < -0.4 is 10.6 Å². The SMILES string of the molecule is CN=C(NCc1nc(C)c(C)o1)NCC1(C)CCCO1. The van der Waals surface area contributed by atoms with Crippen molar-refractivity contribution in [3.05, 3.63) is 17.3 Å². The van der Waals surface area contributed by atoms with Crippen molar-refractivity contribution in [1.82, 2.24) is 15.6 Å². The van der Waals surface area contributed by atoms with Gasteiger partial charge in [0.05, 0.1) is 17.8 Å². The van der Waals surface area contributed by atoms with Gasteiger partial charge >= 0.3 is 0 Å². The van der Waals surface area contributed by atoms with Gasteiger partial charge in [0.15, 0.2) is 5.96 Å². The summed E-state index contributed by atoms with van der Waals surface area (Å²) < 4.78 is 11.3. The Morgan fingerprint density at radius 1 is 1.40 bits per heavy atom. The van der Waals surface area contributed by atoms with Crippen molar-refractivity contribution in [2.75, 3.05) is 20.2 Å². The number of ether oxygens (including phenoxy) is 1. The number of guanidine groups is 1. The fourth-order valence-electron chi connectivity index (χ4n) is 2.24. The first-order chi connectivity index (χ1) is 9.52. The van der Waals surface area contributed by atoms with Gasteiger partial charge in [-0.2, -0.15) is 0 Å². The van der Waals surface area contributed by atoms with Crippen LogP contribution in [0.25, 0.3) is 0 Å². The van der Waals surface area contributed by atoms with E-state index in [0.29, 0.717) is 12.4 Å². The van der Waals surface area contributed by atoms with Crippen molar-refractivity contribution < 1.29 is 9.15 Å². The first-order valence-corrected chi connectivity index (χ1v) is 7.04. The van der Waals surface area contributed by atoms with Gasteiger partial charge in [0.1, 0.15) is 5.76 Å². The van der Waals surface area contributed by atoms with Crippen LogP contribution in [0.4, 0.5) is 0 Å². The highest BCUT2D eigenvalue weighted by Gasteiger charge is 2.29. The average molecular weight is 280 g/mol. The lowest BCUT2D eigenvalue weighted by Gasteiger charge is -2.24. The molecule has 1 saturated heterocycles. The van der Waals surface area contributed by atoms with Crippen LogP contribution in [-0.2, 0) is 11.3 Å². The zero-order valence-electron chi connectivity index (χ0n) is 12.7. The van der Waals surface area contributed by atoms with Gasteiger partial charge in [-0.3, -0.25) is 4.99 Å². The molecule has 0 aliphatic carbocycles. The van der Waals surface area contributed by atoms with E-state index < -0.39 is 0 Å². The summed E-state index contributed by atoms with van der Waals surface area (Å²) in [6.07, 6.45) is 2.20. The summed E-state index contributed by atoms with van der Waals surface area (Å²) in [5.41, 5.74) is 0.838. The number of hydrogen-bond acceptors (Lipinski definition) is 4. The van der Waals surface area contributed by atoms with Crippen LogP contribution in [0.2, 0.25) is 0 Å². The van der Waals surface area contributed by atoms with Gasteiger partial charge in [0.25, 0.3) is 0 Å². The van der Waals surface area contributed by atoms with E-state index in [1.807, 2.05) is 13.8 Å². The highest BCUT2D eigenvalue weighted by molar-refractivity contribution is 5.79. The number of nitrogens with zero attached hydrogens (tertiary/aromatic N) is 2. The van der Waals surface area contributed by atoms with E-state index in [1.54, 1.807) is 7.05 Å². The highest BCUT2D eigenvalue weighted by Crippen LogP contribution is 2.23. The second kappa shape index (κ2) is 6.26. The number of nitrogens with one attached hydrogen (secondary N) is 2. The number of rotatable bonds is 4. The number of oxazole rings is 1. The molecule has 1 atom stereocenters. The minimum atomic E-state index is -0.0896. The molecule has 6 heteroatoms. The lowest BCUT2D eigenvalue weighted by Crippen LogP contribution is -2.45. The fraction of sp³-hybridized carbons (Fsp3) is 0.714. The van der Waals surface area contributed by atoms with Crippen molar-refractivity contribution in [1.29, 1.82) is 0 Å². The van der Waals surface area contributed by atoms with Crippen LogP contribution in [0.3, 0.4) is 0 Å². The smallest absolute Gasteiger partial charge is 0.214 e. The van der Waals surface area contributed by atoms with Gasteiger partial charge in [-0.15, -0.1) is 0 Å². The van der Waals surface area contributed by atoms with Crippen LogP contribution in [0, 0.1) is 13.8 Å². The van der Waals surface area contributed by atoms with E-state index >= 15 is 0 Å². The van der Waals surface area contributed by atoms with Gasteiger partial charge in [-0.25, -0.2) is 4.98 Å². The predicted octanol–water partition coefficient (Wildman–Crippen LogP) is 1.53. The molecule has 1 aromatic rings. The van der Waals surface area contributed by atoms with Gasteiger partial charge in [0.2, 0.25) is 5.89 Å². The third-order valence-corrected chi connectivity index (χ3v) is 3.63. The standard InChI is InChI=1S/C14H24N4O2/c1-10-11(2)20-12(18-10)8-16-13(15-4)17-9-14(3)6-5-7-19-14/h5-9H2,1-4H3,(H2,15,16,17). The Morgan fingerprint density at radius 3 is 2.75 bits per heavy atom. The molecule has 2 N–H and O–H groups in total. The summed E-state index contributed by atoms with van der Waals surface area (Å²) >= 11 is 0. The normalized spacial score (nSPS) is 23.1. The second-order valence-corrected chi connectivity index (χ2v) is 5.43. The maximum Gasteiger partial charge on any atom is 0.214 e. The molecule has 2 rings (SSSR count). The Hall–Kier alpha value is -1.56. The molecule has 0 saturated carbocycles. The Bertz CT molecular complexity index is 456. The third-order valence-electron chi connectivity index (χ3n) is 3.63. The molecule has 1 unspecified atom stereocenters. The zero-order valence-corrected chi connectivity index (χ0v) is 12.7. The van der Waals surface area contributed by atoms with Crippen LogP contribution in [0.5, 0.6) is 0 Å². The zero-order chi connectivity index (χ0) is 14.6. The fourth-order valence-corrected chi connectivity index (χ4v) is 2.24. The maximum absolute atomic E-state index is 5.74. The molecular formula is C14H24N4O2. The summed E-state index contributed by atoms with van der Waals surface area (Å²) in [5, 5.41) is 6.48. The van der Waals surface area contributed by atoms with E-state index in [2.05, 4.69) is 27.5 Å². The number of aromatic nitrogens is 1. The molecule has 0 aromatic carbocycles. The van der Waals surface area contributed by atoms with Gasteiger partial charge in [0, 0.05) is 20.2 Å². The molecule has 0 radical (unpaired) electrons. The molecular weight excluding hydrogens is 256 g/mol. The van der Waals surface area contributed by atoms with Gasteiger partial charge in [-0.1, -0.05) is 0 Å². The summed E-state index contributed by atoms with van der Waals surface area (Å²) in [5.74, 6) is 2.26. The van der Waals surface area contributed by atoms with E-state index in [9.17, 15) is 0 Å². The molecule has 2 heterocycles. The molecule has 1 aliphatic rings. The topological polar surface area (TPSA) is 71.7 Å². The van der Waals surface area contributed by atoms with Crippen molar-refractivity contribution in [3.8, 4) is 0 Å². The van der Waals surface area contributed by atoms with E-state index in [1.165, 1.54) is 0 Å². The highest BCUT2D eigenvalue weighted by atomic mass is 16.5. The minimum Gasteiger partial charge on any atom is -0.444 e. The number of aliphatic imine (C=N–C) groups is 1. The molecule has 112 valence electrons. The molecule has 0 amide bonds. The minimum absolute atomic E-state index is 0.0896. The van der Waals surface area contributed by atoms with Gasteiger partial charge in [-0.05, 0) is 33.6 Å². The summed E-state index contributed by atoms with van der Waals surface area (Å²) in [4.78, 5) is 8.52. The lowest BCUT2D eigenvalue weighted by atomic mass is 10.0. The second-order valence-electron chi connectivity index (χ2n) is 5.43. The third kappa shape index (κ3) is 3.72. The Balaban J connectivity index is 1.80. The largest absolute Gasteiger partial charge is 0.444 e. The lowest BCUT2D eigenvalue weighted by molar-refractivity contribution is 0.0243. The first kappa shape index (κ1) is 14.8. The van der Waals surface area contributed by atoms with E-state index in [0.717, 1.165) is 43.4 Å². The van der Waals surface area contributed by atoms with Crippen LogP contribution >= 0.6 is 0 Å². The Kier molecular flexibility index (Phi) is 4.65. The number of aryl methyl sites for hydroxylation is 2. The Morgan fingerprint density at radius 2 is 2.20 bits per heavy atom. The predicted molar refractivity (Wildman–Crippen MR) is 77.8 cm³/mol.